The first-order chi connectivity index (χ1) is 9.98. The van der Waals surface area contributed by atoms with Crippen LogP contribution in [0.3, 0.4) is 0 Å². The Morgan fingerprint density at radius 3 is 2.74 bits per heavy atom. The van der Waals surface area contributed by atoms with Gasteiger partial charge in [0, 0.05) is 37.3 Å². The summed E-state index contributed by atoms with van der Waals surface area (Å²) >= 11 is 0. The molecule has 1 aromatic rings. The lowest BCUT2D eigenvalue weighted by Crippen LogP contribution is -2.51. The molecule has 3 unspecified atom stereocenters. The minimum absolute atomic E-state index is 0. The van der Waals surface area contributed by atoms with Gasteiger partial charge in [-0.05, 0) is 26.2 Å². The molecule has 0 bridgehead atoms. The number of hydrogen-bond acceptors (Lipinski definition) is 4. The number of morpholine rings is 1. The van der Waals surface area contributed by atoms with Gasteiger partial charge in [-0.3, -0.25) is 9.48 Å². The number of ether oxygens (including phenoxy) is 1. The maximum absolute atomic E-state index is 12.7. The number of amides is 1. The van der Waals surface area contributed by atoms with E-state index in [1.807, 2.05) is 31.3 Å². The summed E-state index contributed by atoms with van der Waals surface area (Å²) in [5.41, 5.74) is 6.48. The fourth-order valence-electron chi connectivity index (χ4n) is 3.43. The van der Waals surface area contributed by atoms with Crippen LogP contribution in [0, 0.1) is 5.92 Å². The normalized spacial score (nSPS) is 30.5. The molecular weight excluding hydrogens is 339 g/mol. The van der Waals surface area contributed by atoms with E-state index in [1.54, 1.807) is 4.68 Å². The molecule has 1 aliphatic heterocycles. The molecule has 0 radical (unpaired) electrons. The number of hydrogen-bond donors (Lipinski definition) is 1. The van der Waals surface area contributed by atoms with Crippen molar-refractivity contribution in [1.82, 2.24) is 14.7 Å². The molecule has 1 aromatic heterocycles. The Hall–Kier alpha value is -0.820. The first-order valence-corrected chi connectivity index (χ1v) is 7.65. The number of halogens is 2. The molecule has 1 saturated carbocycles. The van der Waals surface area contributed by atoms with Gasteiger partial charge in [0.1, 0.15) is 5.60 Å². The first kappa shape index (κ1) is 20.2. The summed E-state index contributed by atoms with van der Waals surface area (Å²) in [6.45, 7) is 3.85. The van der Waals surface area contributed by atoms with Gasteiger partial charge >= 0.3 is 0 Å². The van der Waals surface area contributed by atoms with Gasteiger partial charge in [0.25, 0.3) is 0 Å². The Morgan fingerprint density at radius 1 is 1.43 bits per heavy atom. The van der Waals surface area contributed by atoms with Crippen LogP contribution in [0.25, 0.3) is 0 Å². The maximum Gasteiger partial charge on any atom is 0.225 e. The van der Waals surface area contributed by atoms with E-state index >= 15 is 0 Å². The minimum Gasteiger partial charge on any atom is -0.367 e. The Labute approximate surface area is 149 Å². The average Bonchev–Trinajstić information content (AvgIpc) is 3.07. The van der Waals surface area contributed by atoms with E-state index in [1.165, 1.54) is 0 Å². The van der Waals surface area contributed by atoms with E-state index in [-0.39, 0.29) is 42.7 Å². The van der Waals surface area contributed by atoms with Crippen molar-refractivity contribution in [3.8, 4) is 0 Å². The molecule has 1 amide bonds. The van der Waals surface area contributed by atoms with E-state index in [2.05, 4.69) is 5.10 Å². The van der Waals surface area contributed by atoms with Crippen LogP contribution in [0.2, 0.25) is 0 Å². The minimum atomic E-state index is -0.469. The van der Waals surface area contributed by atoms with Crippen molar-refractivity contribution >= 4 is 30.7 Å². The highest BCUT2D eigenvalue weighted by Gasteiger charge is 2.39. The van der Waals surface area contributed by atoms with E-state index < -0.39 is 5.60 Å². The van der Waals surface area contributed by atoms with Crippen LogP contribution >= 0.6 is 24.8 Å². The van der Waals surface area contributed by atoms with Crippen LogP contribution in [0.4, 0.5) is 0 Å². The smallest absolute Gasteiger partial charge is 0.225 e. The molecule has 23 heavy (non-hydrogen) atoms. The Kier molecular flexibility index (Phi) is 6.89. The van der Waals surface area contributed by atoms with Gasteiger partial charge in [-0.2, -0.15) is 5.10 Å². The van der Waals surface area contributed by atoms with Gasteiger partial charge in [-0.15, -0.1) is 24.8 Å². The summed E-state index contributed by atoms with van der Waals surface area (Å²) in [7, 11) is 1.89. The number of carbonyl (C=O) groups is 1. The molecule has 1 aliphatic carbocycles. The van der Waals surface area contributed by atoms with Crippen molar-refractivity contribution in [2.45, 2.75) is 37.8 Å². The largest absolute Gasteiger partial charge is 0.367 e. The number of aryl methyl sites for hydroxylation is 1. The Balaban J connectivity index is 0.00000132. The summed E-state index contributed by atoms with van der Waals surface area (Å²) in [5, 5.41) is 4.21. The second kappa shape index (κ2) is 7.83. The molecule has 2 N–H and O–H groups in total. The van der Waals surface area contributed by atoms with Crippen LogP contribution in [0.15, 0.2) is 12.4 Å². The predicted octanol–water partition coefficient (Wildman–Crippen LogP) is 1.47. The number of aromatic nitrogens is 2. The molecular formula is C15H26Cl2N4O2. The third-order valence-electron chi connectivity index (χ3n) is 4.72. The topological polar surface area (TPSA) is 73.4 Å². The molecule has 2 heterocycles. The van der Waals surface area contributed by atoms with Crippen LogP contribution in [0.1, 0.15) is 31.7 Å². The first-order valence-electron chi connectivity index (χ1n) is 7.65. The Bertz CT molecular complexity index is 539. The van der Waals surface area contributed by atoms with Crippen molar-refractivity contribution in [2.75, 3.05) is 19.7 Å². The SMILES string of the molecule is Cl.Cl.Cn1cc(C2(C)CN(C(=O)C3CCC(N)C3)CCO2)cn1. The van der Waals surface area contributed by atoms with E-state index in [0.29, 0.717) is 19.7 Å². The standard InChI is InChI=1S/C15H24N4O2.2ClH/c1-15(12-8-17-18(2)9-12)10-19(5-6-21-15)14(20)11-3-4-13(16)7-11;;/h8-9,11,13H,3-7,10,16H2,1-2H3;2*1H. The second-order valence-electron chi connectivity index (χ2n) is 6.51. The van der Waals surface area contributed by atoms with Gasteiger partial charge < -0.3 is 15.4 Å². The van der Waals surface area contributed by atoms with Crippen molar-refractivity contribution in [1.29, 1.82) is 0 Å². The molecule has 1 saturated heterocycles. The molecule has 3 atom stereocenters. The quantitative estimate of drug-likeness (QED) is 0.861. The zero-order chi connectivity index (χ0) is 15.0. The second-order valence-corrected chi connectivity index (χ2v) is 6.51. The molecule has 0 spiro atoms. The zero-order valence-corrected chi connectivity index (χ0v) is 15.2. The summed E-state index contributed by atoms with van der Waals surface area (Å²) in [6, 6.07) is 0.185. The van der Waals surface area contributed by atoms with Crippen molar-refractivity contribution in [2.24, 2.45) is 18.7 Å². The Morgan fingerprint density at radius 2 is 2.17 bits per heavy atom. The summed E-state index contributed by atoms with van der Waals surface area (Å²) in [6.07, 6.45) is 6.47. The third-order valence-corrected chi connectivity index (χ3v) is 4.72. The average molecular weight is 365 g/mol. The molecule has 8 heteroatoms. The predicted molar refractivity (Wildman–Crippen MR) is 92.9 cm³/mol. The number of rotatable bonds is 2. The van der Waals surface area contributed by atoms with Crippen molar-refractivity contribution < 1.29 is 9.53 Å². The van der Waals surface area contributed by atoms with Gasteiger partial charge in [-0.25, -0.2) is 0 Å². The van der Waals surface area contributed by atoms with Crippen LogP contribution in [-0.4, -0.2) is 46.3 Å². The van der Waals surface area contributed by atoms with E-state index in [4.69, 9.17) is 10.5 Å². The summed E-state index contributed by atoms with van der Waals surface area (Å²) < 4.78 is 7.72. The highest BCUT2D eigenvalue weighted by molar-refractivity contribution is 5.85. The third kappa shape index (κ3) is 4.18. The van der Waals surface area contributed by atoms with Crippen molar-refractivity contribution in [3.05, 3.63) is 18.0 Å². The van der Waals surface area contributed by atoms with Gasteiger partial charge in [0.15, 0.2) is 0 Å². The fourth-order valence-corrected chi connectivity index (χ4v) is 3.43. The molecule has 2 aliphatic rings. The lowest BCUT2D eigenvalue weighted by atomic mass is 9.95. The number of nitrogens with zero attached hydrogens (tertiary/aromatic N) is 3. The summed E-state index contributed by atoms with van der Waals surface area (Å²) in [4.78, 5) is 14.6. The molecule has 3 rings (SSSR count). The lowest BCUT2D eigenvalue weighted by Gasteiger charge is -2.41. The molecule has 0 aromatic carbocycles. The highest BCUT2D eigenvalue weighted by Crippen LogP contribution is 2.32. The zero-order valence-electron chi connectivity index (χ0n) is 13.6. The van der Waals surface area contributed by atoms with Gasteiger partial charge in [0.05, 0.1) is 19.3 Å². The fraction of sp³-hybridized carbons (Fsp3) is 0.733. The summed E-state index contributed by atoms with van der Waals surface area (Å²) in [5.74, 6) is 0.331. The number of carbonyl (C=O) groups excluding carboxylic acids is 1. The molecule has 132 valence electrons. The molecule has 2 fully saturated rings. The van der Waals surface area contributed by atoms with Crippen LogP contribution in [0.5, 0.6) is 0 Å². The molecule has 6 nitrogen and oxygen atoms in total. The lowest BCUT2D eigenvalue weighted by molar-refractivity contribution is -0.153. The highest BCUT2D eigenvalue weighted by atomic mass is 35.5. The van der Waals surface area contributed by atoms with E-state index in [0.717, 1.165) is 24.8 Å². The van der Waals surface area contributed by atoms with Crippen LogP contribution < -0.4 is 5.73 Å². The maximum atomic E-state index is 12.7. The van der Waals surface area contributed by atoms with Gasteiger partial charge in [-0.1, -0.05) is 0 Å². The van der Waals surface area contributed by atoms with E-state index in [9.17, 15) is 4.79 Å². The van der Waals surface area contributed by atoms with Crippen LogP contribution in [-0.2, 0) is 22.2 Å². The number of nitrogens with two attached hydrogens (primary N) is 1. The van der Waals surface area contributed by atoms with Gasteiger partial charge in [0.2, 0.25) is 5.91 Å². The monoisotopic (exact) mass is 364 g/mol. The van der Waals surface area contributed by atoms with Crippen molar-refractivity contribution in [3.63, 3.8) is 0 Å².